The summed E-state index contributed by atoms with van der Waals surface area (Å²) in [6.45, 7) is -0.181. The smallest absolute Gasteiger partial charge is 0.264 e. The summed E-state index contributed by atoms with van der Waals surface area (Å²) in [5.41, 5.74) is 0.650. The number of amides is 1. The highest BCUT2D eigenvalue weighted by Gasteiger charge is 2.12. The molecule has 0 radical (unpaired) electrons. The van der Waals surface area contributed by atoms with E-state index in [1.807, 2.05) is 0 Å². The molecule has 0 unspecified atom stereocenters. The van der Waals surface area contributed by atoms with E-state index < -0.39 is 9.84 Å². The van der Waals surface area contributed by atoms with Crippen molar-refractivity contribution in [1.29, 1.82) is 0 Å². The Kier molecular flexibility index (Phi) is 5.73. The minimum atomic E-state index is -3.26. The van der Waals surface area contributed by atoms with E-state index in [1.165, 1.54) is 12.1 Å². The Balaban J connectivity index is 1.60. The number of hydrogen-bond donors (Lipinski definition) is 1. The first kappa shape index (κ1) is 19.3. The van der Waals surface area contributed by atoms with Gasteiger partial charge in [0.15, 0.2) is 22.3 Å². The Morgan fingerprint density at radius 1 is 1.15 bits per heavy atom. The van der Waals surface area contributed by atoms with Crippen molar-refractivity contribution in [2.45, 2.75) is 4.90 Å². The molecule has 0 fully saturated rings. The third kappa shape index (κ3) is 5.25. The summed E-state index contributed by atoms with van der Waals surface area (Å²) in [6.07, 6.45) is 1.14. The highest BCUT2D eigenvalue weighted by Crippen LogP contribution is 2.22. The first-order chi connectivity index (χ1) is 12.8. The molecule has 0 atom stereocenters. The summed E-state index contributed by atoms with van der Waals surface area (Å²) < 4.78 is 32.5. The fraction of sp³-hybridized carbons (Fsp3) is 0.118. The monoisotopic (exact) mass is 423 g/mol. The van der Waals surface area contributed by atoms with Crippen LogP contribution in [0.5, 0.6) is 5.75 Å². The summed E-state index contributed by atoms with van der Waals surface area (Å²) in [5, 5.41) is 3.51. The third-order valence-electron chi connectivity index (χ3n) is 3.40. The molecule has 0 spiro atoms. The topological polar surface area (TPSA) is 98.2 Å². The van der Waals surface area contributed by atoms with Crippen LogP contribution in [-0.4, -0.2) is 36.5 Å². The van der Waals surface area contributed by atoms with E-state index in [0.29, 0.717) is 27.3 Å². The van der Waals surface area contributed by atoms with Crippen molar-refractivity contribution < 1.29 is 17.9 Å². The molecule has 0 aliphatic heterocycles. The normalized spacial score (nSPS) is 11.2. The van der Waals surface area contributed by atoms with E-state index >= 15 is 0 Å². The molecule has 2 aromatic carbocycles. The predicted octanol–water partition coefficient (Wildman–Crippen LogP) is 3.28. The van der Waals surface area contributed by atoms with E-state index in [-0.39, 0.29) is 17.4 Å². The van der Waals surface area contributed by atoms with Gasteiger partial charge in [0, 0.05) is 28.4 Å². The fourth-order valence-corrected chi connectivity index (χ4v) is 3.44. The SMILES string of the molecule is CS(=O)(=O)c1ccc(-c2nsc(NC(=O)COc3ccc(Cl)cc3)n2)cc1. The first-order valence-electron chi connectivity index (χ1n) is 7.64. The Morgan fingerprint density at radius 2 is 1.81 bits per heavy atom. The average molecular weight is 424 g/mol. The lowest BCUT2D eigenvalue weighted by atomic mass is 10.2. The summed E-state index contributed by atoms with van der Waals surface area (Å²) in [6, 6.07) is 12.9. The number of aromatic nitrogens is 2. The lowest BCUT2D eigenvalue weighted by Crippen LogP contribution is -2.20. The quantitative estimate of drug-likeness (QED) is 0.653. The van der Waals surface area contributed by atoms with Crippen molar-refractivity contribution in [2.75, 3.05) is 18.2 Å². The molecule has 10 heteroatoms. The van der Waals surface area contributed by atoms with Crippen molar-refractivity contribution in [3.05, 3.63) is 53.6 Å². The van der Waals surface area contributed by atoms with Gasteiger partial charge in [0.1, 0.15) is 5.75 Å². The van der Waals surface area contributed by atoms with Gasteiger partial charge in [-0.05, 0) is 48.5 Å². The van der Waals surface area contributed by atoms with Crippen LogP contribution in [0.15, 0.2) is 53.4 Å². The summed E-state index contributed by atoms with van der Waals surface area (Å²) in [7, 11) is -3.26. The van der Waals surface area contributed by atoms with Crippen molar-refractivity contribution in [2.24, 2.45) is 0 Å². The molecule has 1 aromatic heterocycles. The number of nitrogens with zero attached hydrogens (tertiary/aromatic N) is 2. The summed E-state index contributed by atoms with van der Waals surface area (Å²) >= 11 is 6.81. The third-order valence-corrected chi connectivity index (χ3v) is 5.41. The molecule has 1 N–H and O–H groups in total. The van der Waals surface area contributed by atoms with Gasteiger partial charge in [-0.3, -0.25) is 10.1 Å². The van der Waals surface area contributed by atoms with E-state index in [1.54, 1.807) is 36.4 Å². The molecule has 1 heterocycles. The molecule has 0 bridgehead atoms. The zero-order valence-corrected chi connectivity index (χ0v) is 16.4. The van der Waals surface area contributed by atoms with Crippen LogP contribution in [0.3, 0.4) is 0 Å². The maximum atomic E-state index is 12.0. The number of anilines is 1. The first-order valence-corrected chi connectivity index (χ1v) is 10.7. The number of hydrogen-bond acceptors (Lipinski definition) is 7. The number of rotatable bonds is 6. The van der Waals surface area contributed by atoms with E-state index in [4.69, 9.17) is 16.3 Å². The average Bonchev–Trinajstić information content (AvgIpc) is 3.09. The number of carbonyl (C=O) groups excluding carboxylic acids is 1. The molecule has 140 valence electrons. The second kappa shape index (κ2) is 8.03. The molecule has 27 heavy (non-hydrogen) atoms. The highest BCUT2D eigenvalue weighted by molar-refractivity contribution is 7.90. The number of benzene rings is 2. The molecule has 0 aliphatic rings. The van der Waals surface area contributed by atoms with Crippen LogP contribution < -0.4 is 10.1 Å². The number of carbonyl (C=O) groups is 1. The van der Waals surface area contributed by atoms with E-state index in [2.05, 4.69) is 14.7 Å². The maximum absolute atomic E-state index is 12.0. The van der Waals surface area contributed by atoms with Gasteiger partial charge < -0.3 is 4.74 Å². The fourth-order valence-electron chi connectivity index (χ4n) is 2.08. The van der Waals surface area contributed by atoms with Crippen LogP contribution in [-0.2, 0) is 14.6 Å². The van der Waals surface area contributed by atoms with Crippen molar-refractivity contribution >= 4 is 44.0 Å². The lowest BCUT2D eigenvalue weighted by Gasteiger charge is -2.05. The predicted molar refractivity (Wildman–Crippen MR) is 104 cm³/mol. The Morgan fingerprint density at radius 3 is 2.44 bits per heavy atom. The number of halogens is 1. The maximum Gasteiger partial charge on any atom is 0.264 e. The van der Waals surface area contributed by atoms with Crippen LogP contribution in [0.25, 0.3) is 11.4 Å². The van der Waals surface area contributed by atoms with Crippen LogP contribution >= 0.6 is 23.1 Å². The molecule has 3 rings (SSSR count). The van der Waals surface area contributed by atoms with E-state index in [9.17, 15) is 13.2 Å². The molecule has 3 aromatic rings. The highest BCUT2D eigenvalue weighted by atomic mass is 35.5. The van der Waals surface area contributed by atoms with Crippen molar-refractivity contribution in [1.82, 2.24) is 9.36 Å². The van der Waals surface area contributed by atoms with Crippen LogP contribution in [0.4, 0.5) is 5.13 Å². The minimum absolute atomic E-state index is 0.181. The van der Waals surface area contributed by atoms with Gasteiger partial charge >= 0.3 is 0 Å². The summed E-state index contributed by atoms with van der Waals surface area (Å²) in [4.78, 5) is 16.4. The summed E-state index contributed by atoms with van der Waals surface area (Å²) in [5.74, 6) is 0.549. The van der Waals surface area contributed by atoms with Crippen molar-refractivity contribution in [3.8, 4) is 17.1 Å². The zero-order valence-electron chi connectivity index (χ0n) is 14.0. The van der Waals surface area contributed by atoms with Crippen LogP contribution in [0.1, 0.15) is 0 Å². The molecule has 0 saturated heterocycles. The number of sulfone groups is 1. The van der Waals surface area contributed by atoms with Gasteiger partial charge in [-0.1, -0.05) is 11.6 Å². The second-order valence-corrected chi connectivity index (χ2v) is 8.71. The standard InChI is InChI=1S/C17H14ClN3O4S2/c1-27(23,24)14-8-2-11(3-9-14)16-20-17(26-21-16)19-15(22)10-25-13-6-4-12(18)5-7-13/h2-9H,10H2,1H3,(H,19,20,21,22). The Labute approximate surface area is 165 Å². The van der Waals surface area contributed by atoms with Gasteiger partial charge in [-0.25, -0.2) is 8.42 Å². The second-order valence-electron chi connectivity index (χ2n) is 5.51. The number of nitrogens with one attached hydrogen (secondary N) is 1. The van der Waals surface area contributed by atoms with Gasteiger partial charge in [-0.2, -0.15) is 9.36 Å². The lowest BCUT2D eigenvalue weighted by molar-refractivity contribution is -0.118. The number of ether oxygens (including phenoxy) is 1. The van der Waals surface area contributed by atoms with Gasteiger partial charge in [0.2, 0.25) is 5.13 Å². The van der Waals surface area contributed by atoms with E-state index in [0.717, 1.165) is 17.8 Å². The molecule has 7 nitrogen and oxygen atoms in total. The molecular weight excluding hydrogens is 410 g/mol. The van der Waals surface area contributed by atoms with Gasteiger partial charge in [-0.15, -0.1) is 0 Å². The van der Waals surface area contributed by atoms with Crippen LogP contribution in [0.2, 0.25) is 5.02 Å². The van der Waals surface area contributed by atoms with Crippen LogP contribution in [0, 0.1) is 0 Å². The molecule has 0 aliphatic carbocycles. The largest absolute Gasteiger partial charge is 0.484 e. The molecular formula is C17H14ClN3O4S2. The Hall–Kier alpha value is -2.49. The molecule has 1 amide bonds. The van der Waals surface area contributed by atoms with Crippen molar-refractivity contribution in [3.63, 3.8) is 0 Å². The molecule has 0 saturated carbocycles. The zero-order chi connectivity index (χ0) is 19.4. The minimum Gasteiger partial charge on any atom is -0.484 e. The Bertz CT molecular complexity index is 1050. The van der Waals surface area contributed by atoms with Gasteiger partial charge in [0.25, 0.3) is 5.91 Å². The van der Waals surface area contributed by atoms with Gasteiger partial charge in [0.05, 0.1) is 4.90 Å².